The van der Waals surface area contributed by atoms with Crippen molar-refractivity contribution in [1.29, 1.82) is 0 Å². The number of fused-ring (bicyclic) bond motifs is 1. The van der Waals surface area contributed by atoms with Crippen molar-refractivity contribution in [3.05, 3.63) is 81.4 Å². The van der Waals surface area contributed by atoms with E-state index in [1.807, 2.05) is 37.9 Å². The number of pyridine rings is 1. The second-order valence-corrected chi connectivity index (χ2v) is 6.24. The summed E-state index contributed by atoms with van der Waals surface area (Å²) in [6, 6.07) is 8.93. The van der Waals surface area contributed by atoms with Crippen molar-refractivity contribution in [2.45, 2.75) is 26.4 Å². The summed E-state index contributed by atoms with van der Waals surface area (Å²) in [6.07, 6.45) is 1.69. The van der Waals surface area contributed by atoms with E-state index in [0.29, 0.717) is 23.4 Å². The molecule has 0 aliphatic heterocycles. The van der Waals surface area contributed by atoms with Gasteiger partial charge >= 0.3 is 0 Å². The molecular formula is C19H19F2N3O. The summed E-state index contributed by atoms with van der Waals surface area (Å²) in [6.45, 7) is 4.21. The Kier molecular flexibility index (Phi) is 4.63. The first-order valence-corrected chi connectivity index (χ1v) is 8.00. The van der Waals surface area contributed by atoms with Crippen molar-refractivity contribution in [2.75, 3.05) is 7.05 Å². The summed E-state index contributed by atoms with van der Waals surface area (Å²) < 4.78 is 28.1. The molecule has 0 radical (unpaired) electrons. The zero-order valence-electron chi connectivity index (χ0n) is 14.3. The summed E-state index contributed by atoms with van der Waals surface area (Å²) in [5.74, 6) is -1.73. The van der Waals surface area contributed by atoms with Gasteiger partial charge in [0.05, 0.1) is 5.69 Å². The van der Waals surface area contributed by atoms with Gasteiger partial charge in [-0.1, -0.05) is 12.1 Å². The van der Waals surface area contributed by atoms with Gasteiger partial charge in [0, 0.05) is 24.8 Å². The van der Waals surface area contributed by atoms with Crippen molar-refractivity contribution in [3.63, 3.8) is 0 Å². The number of nitrogens with zero attached hydrogens (tertiary/aromatic N) is 3. The summed E-state index contributed by atoms with van der Waals surface area (Å²) >= 11 is 0. The maximum atomic E-state index is 13.5. The summed E-state index contributed by atoms with van der Waals surface area (Å²) in [5.41, 5.74) is 2.69. The molecule has 0 N–H and O–H groups in total. The molecule has 0 saturated heterocycles. The number of hydrogen-bond acceptors (Lipinski definition) is 3. The van der Waals surface area contributed by atoms with Gasteiger partial charge in [0.1, 0.15) is 5.65 Å². The molecule has 25 heavy (non-hydrogen) atoms. The molecule has 130 valence electrons. The van der Waals surface area contributed by atoms with Gasteiger partial charge in [-0.05, 0) is 50.2 Å². The molecule has 3 rings (SSSR count). The van der Waals surface area contributed by atoms with Crippen LogP contribution in [0.3, 0.4) is 0 Å². The van der Waals surface area contributed by atoms with Crippen LogP contribution in [0.5, 0.6) is 0 Å². The smallest absolute Gasteiger partial charge is 0.258 e. The molecule has 2 aromatic heterocycles. The first-order chi connectivity index (χ1) is 11.9. The predicted octanol–water partition coefficient (Wildman–Crippen LogP) is 3.47. The Balaban J connectivity index is 1.88. The third-order valence-electron chi connectivity index (χ3n) is 4.44. The van der Waals surface area contributed by atoms with Crippen LogP contribution in [-0.4, -0.2) is 21.3 Å². The van der Waals surface area contributed by atoms with E-state index in [4.69, 9.17) is 0 Å². The molecule has 1 aromatic carbocycles. The van der Waals surface area contributed by atoms with Crippen LogP contribution in [0.25, 0.3) is 5.65 Å². The highest BCUT2D eigenvalue weighted by Gasteiger charge is 2.15. The Morgan fingerprint density at radius 3 is 2.68 bits per heavy atom. The van der Waals surface area contributed by atoms with Gasteiger partial charge in [0.25, 0.3) is 5.56 Å². The highest BCUT2D eigenvalue weighted by molar-refractivity contribution is 5.46. The van der Waals surface area contributed by atoms with Crippen LogP contribution >= 0.6 is 0 Å². The fraction of sp³-hybridized carbons (Fsp3) is 0.263. The minimum atomic E-state index is -0.865. The molecule has 6 heteroatoms. The fourth-order valence-electron chi connectivity index (χ4n) is 2.81. The molecule has 0 spiro atoms. The molecular weight excluding hydrogens is 324 g/mol. The lowest BCUT2D eigenvalue weighted by molar-refractivity contribution is 0.249. The van der Waals surface area contributed by atoms with Crippen molar-refractivity contribution in [3.8, 4) is 0 Å². The number of benzene rings is 1. The van der Waals surface area contributed by atoms with E-state index in [0.717, 1.165) is 11.6 Å². The second kappa shape index (κ2) is 6.72. The van der Waals surface area contributed by atoms with Gasteiger partial charge in [0.2, 0.25) is 0 Å². The number of halogens is 2. The Morgan fingerprint density at radius 2 is 1.96 bits per heavy atom. The Hall–Kier alpha value is -2.60. The third kappa shape index (κ3) is 3.44. The lowest BCUT2D eigenvalue weighted by atomic mass is 10.1. The quantitative estimate of drug-likeness (QED) is 0.728. The van der Waals surface area contributed by atoms with Crippen molar-refractivity contribution in [2.24, 2.45) is 0 Å². The number of rotatable bonds is 4. The Bertz CT molecular complexity index is 984. The molecule has 2 heterocycles. The summed E-state index contributed by atoms with van der Waals surface area (Å²) in [7, 11) is 1.85. The average molecular weight is 343 g/mol. The van der Waals surface area contributed by atoms with Crippen LogP contribution in [0.15, 0.2) is 47.4 Å². The molecule has 0 amide bonds. The highest BCUT2D eigenvalue weighted by Crippen LogP contribution is 2.22. The lowest BCUT2D eigenvalue weighted by Gasteiger charge is -2.25. The minimum absolute atomic E-state index is 0.141. The van der Waals surface area contributed by atoms with Gasteiger partial charge in [0.15, 0.2) is 11.6 Å². The summed E-state index contributed by atoms with van der Waals surface area (Å²) in [5, 5.41) is 0. The van der Waals surface area contributed by atoms with Gasteiger partial charge in [-0.25, -0.2) is 13.8 Å². The van der Waals surface area contributed by atoms with Crippen LogP contribution in [0.2, 0.25) is 0 Å². The van der Waals surface area contributed by atoms with Crippen molar-refractivity contribution in [1.82, 2.24) is 14.3 Å². The fourth-order valence-corrected chi connectivity index (χ4v) is 2.81. The van der Waals surface area contributed by atoms with Gasteiger partial charge in [-0.2, -0.15) is 0 Å². The molecule has 0 fully saturated rings. The summed E-state index contributed by atoms with van der Waals surface area (Å²) in [4.78, 5) is 18.8. The lowest BCUT2D eigenvalue weighted by Crippen LogP contribution is -2.25. The number of hydrogen-bond donors (Lipinski definition) is 0. The normalized spacial score (nSPS) is 12.7. The number of aromatic nitrogens is 2. The van der Waals surface area contributed by atoms with Crippen molar-refractivity contribution >= 4 is 5.65 Å². The van der Waals surface area contributed by atoms with E-state index in [1.54, 1.807) is 12.3 Å². The van der Waals surface area contributed by atoms with E-state index >= 15 is 0 Å². The van der Waals surface area contributed by atoms with Crippen LogP contribution in [0.1, 0.15) is 29.8 Å². The van der Waals surface area contributed by atoms with Gasteiger partial charge in [-0.15, -0.1) is 0 Å². The van der Waals surface area contributed by atoms with Crippen LogP contribution in [0, 0.1) is 18.6 Å². The molecule has 0 bridgehead atoms. The van der Waals surface area contributed by atoms with E-state index in [-0.39, 0.29) is 11.6 Å². The van der Waals surface area contributed by atoms with E-state index in [9.17, 15) is 13.6 Å². The first kappa shape index (κ1) is 17.2. The van der Waals surface area contributed by atoms with Crippen LogP contribution in [-0.2, 0) is 6.54 Å². The zero-order valence-corrected chi connectivity index (χ0v) is 14.3. The zero-order chi connectivity index (χ0) is 18.1. The SMILES string of the molecule is Cc1cccn2c(=O)cc(CN(C)C(C)c3ccc(F)c(F)c3)nc12. The van der Waals surface area contributed by atoms with Gasteiger partial charge < -0.3 is 0 Å². The highest BCUT2D eigenvalue weighted by atomic mass is 19.2. The maximum Gasteiger partial charge on any atom is 0.258 e. The molecule has 0 aliphatic rings. The van der Waals surface area contributed by atoms with Crippen LogP contribution in [0.4, 0.5) is 8.78 Å². The predicted molar refractivity (Wildman–Crippen MR) is 92.4 cm³/mol. The Morgan fingerprint density at radius 1 is 1.20 bits per heavy atom. The van der Waals surface area contributed by atoms with E-state index < -0.39 is 11.6 Å². The minimum Gasteiger partial charge on any atom is -0.294 e. The molecule has 1 unspecified atom stereocenters. The topological polar surface area (TPSA) is 37.6 Å². The molecule has 3 aromatic rings. The van der Waals surface area contributed by atoms with E-state index in [2.05, 4.69) is 4.98 Å². The monoisotopic (exact) mass is 343 g/mol. The number of aryl methyl sites for hydroxylation is 1. The average Bonchev–Trinajstić information content (AvgIpc) is 2.57. The second-order valence-electron chi connectivity index (χ2n) is 6.24. The standard InChI is InChI=1S/C19H19F2N3O/c1-12-5-4-8-24-18(25)10-15(22-19(12)24)11-23(3)13(2)14-6-7-16(20)17(21)9-14/h4-10,13H,11H2,1-3H3. The van der Waals surface area contributed by atoms with E-state index in [1.165, 1.54) is 16.5 Å². The largest absolute Gasteiger partial charge is 0.294 e. The third-order valence-corrected chi connectivity index (χ3v) is 4.44. The van der Waals surface area contributed by atoms with Crippen molar-refractivity contribution < 1.29 is 8.78 Å². The molecule has 1 atom stereocenters. The Labute approximate surface area is 144 Å². The van der Waals surface area contributed by atoms with Gasteiger partial charge in [-0.3, -0.25) is 14.1 Å². The molecule has 4 nitrogen and oxygen atoms in total. The van der Waals surface area contributed by atoms with Crippen LogP contribution < -0.4 is 5.56 Å². The molecule has 0 aliphatic carbocycles. The first-order valence-electron chi connectivity index (χ1n) is 8.00. The maximum absolute atomic E-state index is 13.5. The molecule has 0 saturated carbocycles.